The zero-order valence-electron chi connectivity index (χ0n) is 14.1. The first-order valence-electron chi connectivity index (χ1n) is 7.90. The Kier molecular flexibility index (Phi) is 4.95. The summed E-state index contributed by atoms with van der Waals surface area (Å²) in [7, 11) is 0. The number of thioether (sulfide) groups is 1. The van der Waals surface area contributed by atoms with Crippen molar-refractivity contribution < 1.29 is 24.4 Å². The van der Waals surface area contributed by atoms with Crippen molar-refractivity contribution in [1.82, 2.24) is 0 Å². The van der Waals surface area contributed by atoms with E-state index in [0.29, 0.717) is 10.5 Å². The number of non-ortho nitro benzene ring substituents is 1. The van der Waals surface area contributed by atoms with Crippen LogP contribution in [0.1, 0.15) is 22.3 Å². The maximum Gasteiger partial charge on any atom is 0.336 e. The minimum atomic E-state index is -1.12. The molecule has 27 heavy (non-hydrogen) atoms. The lowest BCUT2D eigenvalue weighted by atomic mass is 10.1. The van der Waals surface area contributed by atoms with E-state index in [2.05, 4.69) is 0 Å². The molecule has 0 spiro atoms. The van der Waals surface area contributed by atoms with Crippen LogP contribution in [-0.4, -0.2) is 33.1 Å². The van der Waals surface area contributed by atoms with Gasteiger partial charge >= 0.3 is 5.97 Å². The van der Waals surface area contributed by atoms with Gasteiger partial charge in [0.05, 0.1) is 21.4 Å². The highest BCUT2D eigenvalue weighted by molar-refractivity contribution is 8.00. The van der Waals surface area contributed by atoms with Gasteiger partial charge in [-0.15, -0.1) is 11.8 Å². The number of benzene rings is 2. The summed E-state index contributed by atoms with van der Waals surface area (Å²) in [5, 5.41) is 19.5. The first kappa shape index (κ1) is 18.6. The molecule has 138 valence electrons. The highest BCUT2D eigenvalue weighted by atomic mass is 32.2. The average molecular weight is 386 g/mol. The highest BCUT2D eigenvalue weighted by Crippen LogP contribution is 2.37. The van der Waals surface area contributed by atoms with Gasteiger partial charge in [-0.3, -0.25) is 19.7 Å². The number of carboxylic acid groups (broad SMARTS) is 1. The topological polar surface area (TPSA) is 118 Å². The lowest BCUT2D eigenvalue weighted by Gasteiger charge is -2.17. The van der Waals surface area contributed by atoms with Crippen LogP contribution in [0.3, 0.4) is 0 Å². The molecule has 0 saturated carbocycles. The maximum absolute atomic E-state index is 12.8. The van der Waals surface area contributed by atoms with Crippen LogP contribution in [0.4, 0.5) is 11.4 Å². The predicted molar refractivity (Wildman–Crippen MR) is 98.0 cm³/mol. The Balaban J connectivity index is 1.92. The third kappa shape index (κ3) is 3.54. The second-order valence-corrected chi connectivity index (χ2v) is 7.15. The Morgan fingerprint density at radius 3 is 2.63 bits per heavy atom. The van der Waals surface area contributed by atoms with Gasteiger partial charge in [-0.2, -0.15) is 0 Å². The van der Waals surface area contributed by atoms with Gasteiger partial charge in [0.15, 0.2) is 0 Å². The summed E-state index contributed by atoms with van der Waals surface area (Å²) in [4.78, 5) is 48.3. The minimum absolute atomic E-state index is 0.0488. The van der Waals surface area contributed by atoms with Crippen LogP contribution in [0.15, 0.2) is 47.4 Å². The lowest BCUT2D eigenvalue weighted by molar-refractivity contribution is -0.384. The van der Waals surface area contributed by atoms with Gasteiger partial charge in [0.25, 0.3) is 5.69 Å². The van der Waals surface area contributed by atoms with Gasteiger partial charge in [0.2, 0.25) is 11.8 Å². The van der Waals surface area contributed by atoms with Crippen molar-refractivity contribution in [2.24, 2.45) is 0 Å². The SMILES string of the molecule is Cc1ccc([N+](=O)[O-])cc1N1C(=O)CC(Sc2ccccc2C(=O)O)C1=O. The number of nitrogens with zero attached hydrogens (tertiary/aromatic N) is 2. The fraction of sp³-hybridized carbons (Fsp3) is 0.167. The largest absolute Gasteiger partial charge is 0.478 e. The number of anilines is 1. The molecule has 0 aromatic heterocycles. The van der Waals surface area contributed by atoms with E-state index in [-0.39, 0.29) is 23.4 Å². The number of nitro benzene ring substituents is 1. The zero-order chi connectivity index (χ0) is 19.7. The van der Waals surface area contributed by atoms with E-state index in [9.17, 15) is 29.6 Å². The Morgan fingerprint density at radius 2 is 1.96 bits per heavy atom. The van der Waals surface area contributed by atoms with Crippen molar-refractivity contribution in [1.29, 1.82) is 0 Å². The summed E-state index contributed by atoms with van der Waals surface area (Å²) in [5.41, 5.74) is 0.559. The molecule has 1 aliphatic rings. The summed E-state index contributed by atoms with van der Waals surface area (Å²) in [6.07, 6.45) is -0.112. The van der Waals surface area contributed by atoms with Gasteiger partial charge in [0.1, 0.15) is 0 Å². The molecule has 1 heterocycles. The van der Waals surface area contributed by atoms with Crippen LogP contribution in [0, 0.1) is 17.0 Å². The Hall–Kier alpha value is -3.20. The number of carbonyl (C=O) groups excluding carboxylic acids is 2. The van der Waals surface area contributed by atoms with E-state index >= 15 is 0 Å². The fourth-order valence-electron chi connectivity index (χ4n) is 2.80. The number of hydrogen-bond acceptors (Lipinski definition) is 6. The van der Waals surface area contributed by atoms with Crippen molar-refractivity contribution in [3.63, 3.8) is 0 Å². The molecule has 9 heteroatoms. The van der Waals surface area contributed by atoms with Gasteiger partial charge in [0, 0.05) is 23.4 Å². The van der Waals surface area contributed by atoms with Gasteiger partial charge < -0.3 is 5.11 Å². The van der Waals surface area contributed by atoms with Crippen LogP contribution in [0.5, 0.6) is 0 Å². The fourth-order valence-corrected chi connectivity index (χ4v) is 3.98. The molecule has 0 aliphatic carbocycles. The smallest absolute Gasteiger partial charge is 0.336 e. The zero-order valence-corrected chi connectivity index (χ0v) is 14.9. The van der Waals surface area contributed by atoms with E-state index in [1.807, 2.05) is 0 Å². The molecule has 1 unspecified atom stereocenters. The Labute approximate surface area is 157 Å². The molecule has 1 saturated heterocycles. The number of aromatic carboxylic acids is 1. The highest BCUT2D eigenvalue weighted by Gasteiger charge is 2.41. The summed E-state index contributed by atoms with van der Waals surface area (Å²) >= 11 is 1.01. The Morgan fingerprint density at radius 1 is 1.26 bits per heavy atom. The molecule has 0 radical (unpaired) electrons. The standard InChI is InChI=1S/C18H14N2O6S/c1-10-6-7-11(20(25)26)8-13(10)19-16(21)9-15(17(19)22)27-14-5-3-2-4-12(14)18(23)24/h2-8,15H,9H2,1H3,(H,23,24). The molecule has 8 nitrogen and oxygen atoms in total. The molecule has 1 atom stereocenters. The number of amides is 2. The summed E-state index contributed by atoms with van der Waals surface area (Å²) < 4.78 is 0. The molecule has 3 rings (SSSR count). The number of aryl methyl sites for hydroxylation is 1. The molecule has 0 bridgehead atoms. The van der Waals surface area contributed by atoms with Crippen molar-refractivity contribution >= 4 is 40.9 Å². The molecular formula is C18H14N2O6S. The molecular weight excluding hydrogens is 372 g/mol. The maximum atomic E-state index is 12.8. The molecule has 2 aromatic carbocycles. The number of hydrogen-bond donors (Lipinski definition) is 1. The summed E-state index contributed by atoms with van der Waals surface area (Å²) in [6, 6.07) is 10.2. The van der Waals surface area contributed by atoms with Crippen molar-refractivity contribution in [2.45, 2.75) is 23.5 Å². The second-order valence-electron chi connectivity index (χ2n) is 5.91. The average Bonchev–Trinajstić information content (AvgIpc) is 2.89. The first-order chi connectivity index (χ1) is 12.8. The number of imide groups is 1. The number of nitro groups is 1. The number of rotatable bonds is 5. The van der Waals surface area contributed by atoms with Crippen molar-refractivity contribution in [3.8, 4) is 0 Å². The molecule has 2 amide bonds. The van der Waals surface area contributed by atoms with Crippen molar-refractivity contribution in [2.75, 3.05) is 4.90 Å². The minimum Gasteiger partial charge on any atom is -0.478 e. The lowest BCUT2D eigenvalue weighted by Crippen LogP contribution is -2.31. The van der Waals surface area contributed by atoms with Crippen molar-refractivity contribution in [3.05, 3.63) is 63.7 Å². The van der Waals surface area contributed by atoms with E-state index in [1.165, 1.54) is 24.3 Å². The van der Waals surface area contributed by atoms with Gasteiger partial charge in [-0.1, -0.05) is 18.2 Å². The van der Waals surface area contributed by atoms with E-state index < -0.39 is 28.0 Å². The van der Waals surface area contributed by atoms with Gasteiger partial charge in [-0.05, 0) is 24.6 Å². The number of carbonyl (C=O) groups is 3. The van der Waals surface area contributed by atoms with Crippen LogP contribution in [0.2, 0.25) is 0 Å². The molecule has 2 aromatic rings. The van der Waals surface area contributed by atoms with Crippen LogP contribution < -0.4 is 4.90 Å². The normalized spacial score (nSPS) is 16.6. The summed E-state index contributed by atoms with van der Waals surface area (Å²) in [5.74, 6) is -2.12. The van der Waals surface area contributed by atoms with Crippen LogP contribution in [-0.2, 0) is 9.59 Å². The molecule has 1 aliphatic heterocycles. The summed E-state index contributed by atoms with van der Waals surface area (Å²) in [6.45, 7) is 1.65. The van der Waals surface area contributed by atoms with E-state index in [0.717, 1.165) is 16.7 Å². The second kappa shape index (κ2) is 7.20. The third-order valence-electron chi connectivity index (χ3n) is 4.14. The monoisotopic (exact) mass is 386 g/mol. The van der Waals surface area contributed by atoms with E-state index in [1.54, 1.807) is 25.1 Å². The van der Waals surface area contributed by atoms with Gasteiger partial charge in [-0.25, -0.2) is 9.69 Å². The van der Waals surface area contributed by atoms with E-state index in [4.69, 9.17) is 0 Å². The molecule has 1 N–H and O–H groups in total. The first-order valence-corrected chi connectivity index (χ1v) is 8.78. The third-order valence-corrected chi connectivity index (χ3v) is 5.40. The predicted octanol–water partition coefficient (Wildman–Crippen LogP) is 3.03. The number of carboxylic acids is 1. The quantitative estimate of drug-likeness (QED) is 0.477. The van der Waals surface area contributed by atoms with Crippen LogP contribution in [0.25, 0.3) is 0 Å². The molecule has 1 fully saturated rings. The van der Waals surface area contributed by atoms with Crippen LogP contribution >= 0.6 is 11.8 Å². The Bertz CT molecular complexity index is 974.